The Hall–Kier alpha value is -2.50. The highest BCUT2D eigenvalue weighted by molar-refractivity contribution is 9.10. The predicted molar refractivity (Wildman–Crippen MR) is 118 cm³/mol. The molecule has 29 heavy (non-hydrogen) atoms. The molecule has 0 bridgehead atoms. The van der Waals surface area contributed by atoms with Crippen molar-refractivity contribution in [1.29, 1.82) is 0 Å². The van der Waals surface area contributed by atoms with Crippen molar-refractivity contribution in [3.8, 4) is 11.5 Å². The van der Waals surface area contributed by atoms with Crippen LogP contribution in [0.15, 0.2) is 76.3 Å². The van der Waals surface area contributed by atoms with E-state index in [1.807, 2.05) is 60.7 Å². The molecule has 2 atom stereocenters. The Morgan fingerprint density at radius 1 is 1.10 bits per heavy atom. The maximum atomic E-state index is 6.40. The first-order valence-electron chi connectivity index (χ1n) is 9.35. The van der Waals surface area contributed by atoms with Crippen molar-refractivity contribution in [3.05, 3.63) is 92.9 Å². The third-order valence-corrected chi connectivity index (χ3v) is 6.21. The molecule has 0 saturated heterocycles. The quantitative estimate of drug-likeness (QED) is 0.448. The average Bonchev–Trinajstić information content (AvgIpc) is 3.19. The highest BCUT2D eigenvalue weighted by Crippen LogP contribution is 2.48. The zero-order chi connectivity index (χ0) is 20.0. The Balaban J connectivity index is 1.58. The third kappa shape index (κ3) is 3.28. The minimum Gasteiger partial charge on any atom is -0.496 e. The van der Waals surface area contributed by atoms with Crippen LogP contribution >= 0.6 is 27.5 Å². The van der Waals surface area contributed by atoms with Crippen molar-refractivity contribution in [3.63, 3.8) is 0 Å². The summed E-state index contributed by atoms with van der Waals surface area (Å²) in [6.45, 7) is 0. The van der Waals surface area contributed by atoms with Gasteiger partial charge in [-0.15, -0.1) is 0 Å². The summed E-state index contributed by atoms with van der Waals surface area (Å²) in [4.78, 5) is 0. The monoisotopic (exact) mass is 468 g/mol. The van der Waals surface area contributed by atoms with E-state index >= 15 is 0 Å². The number of benzene rings is 3. The molecule has 4 nitrogen and oxygen atoms in total. The predicted octanol–water partition coefficient (Wildman–Crippen LogP) is 6.35. The number of hydrazone groups is 1. The molecule has 3 aromatic rings. The number of hydrogen-bond donors (Lipinski definition) is 0. The Kier molecular flexibility index (Phi) is 4.72. The van der Waals surface area contributed by atoms with Crippen LogP contribution in [0.2, 0.25) is 5.02 Å². The van der Waals surface area contributed by atoms with Crippen LogP contribution in [0, 0.1) is 0 Å². The van der Waals surface area contributed by atoms with Gasteiger partial charge in [0, 0.05) is 22.6 Å². The lowest BCUT2D eigenvalue weighted by Gasteiger charge is -2.38. The van der Waals surface area contributed by atoms with Crippen molar-refractivity contribution < 1.29 is 9.47 Å². The SMILES string of the molecule is COc1ccc([C@@H]2Oc3ccccc3[C@@H]3CC(c4ccc(Cl)cc4)=NN32)cc1Br. The molecule has 0 unspecified atom stereocenters. The van der Waals surface area contributed by atoms with E-state index in [4.69, 9.17) is 26.2 Å². The summed E-state index contributed by atoms with van der Waals surface area (Å²) in [7, 11) is 1.66. The van der Waals surface area contributed by atoms with E-state index in [2.05, 4.69) is 27.0 Å². The maximum absolute atomic E-state index is 6.40. The molecule has 0 spiro atoms. The fraction of sp³-hybridized carbons (Fsp3) is 0.174. The highest BCUT2D eigenvalue weighted by Gasteiger charge is 2.40. The van der Waals surface area contributed by atoms with Crippen molar-refractivity contribution in [1.82, 2.24) is 5.01 Å². The zero-order valence-electron chi connectivity index (χ0n) is 15.7. The normalized spacial score (nSPS) is 19.8. The molecule has 2 aliphatic heterocycles. The van der Waals surface area contributed by atoms with Gasteiger partial charge in [-0.3, -0.25) is 0 Å². The van der Waals surface area contributed by atoms with Crippen LogP contribution in [-0.4, -0.2) is 17.8 Å². The first-order chi connectivity index (χ1) is 14.1. The number of rotatable bonds is 3. The molecule has 5 rings (SSSR count). The second-order valence-corrected chi connectivity index (χ2v) is 8.35. The Morgan fingerprint density at radius 2 is 1.90 bits per heavy atom. The van der Waals surface area contributed by atoms with Gasteiger partial charge in [-0.2, -0.15) is 5.10 Å². The lowest BCUT2D eigenvalue weighted by Crippen LogP contribution is -2.33. The summed E-state index contributed by atoms with van der Waals surface area (Å²) < 4.78 is 12.7. The smallest absolute Gasteiger partial charge is 0.213 e. The lowest BCUT2D eigenvalue weighted by atomic mass is 9.96. The Labute approximate surface area is 182 Å². The summed E-state index contributed by atoms with van der Waals surface area (Å²) in [5.41, 5.74) is 4.28. The molecule has 0 saturated carbocycles. The van der Waals surface area contributed by atoms with Gasteiger partial charge in [-0.05, 0) is 57.9 Å². The number of methoxy groups -OCH3 is 1. The molecule has 146 valence electrons. The van der Waals surface area contributed by atoms with Gasteiger partial charge in [0.05, 0.1) is 23.3 Å². The molecule has 0 aromatic heterocycles. The summed E-state index contributed by atoms with van der Waals surface area (Å²) in [5, 5.41) is 7.77. The Bertz CT molecular complexity index is 1100. The fourth-order valence-corrected chi connectivity index (χ4v) is 4.59. The van der Waals surface area contributed by atoms with Gasteiger partial charge >= 0.3 is 0 Å². The maximum Gasteiger partial charge on any atom is 0.213 e. The van der Waals surface area contributed by atoms with Gasteiger partial charge in [0.25, 0.3) is 0 Å². The molecular weight excluding hydrogens is 452 g/mol. The minimum absolute atomic E-state index is 0.122. The van der Waals surface area contributed by atoms with Gasteiger partial charge in [-0.25, -0.2) is 5.01 Å². The minimum atomic E-state index is -0.318. The number of nitrogens with zero attached hydrogens (tertiary/aromatic N) is 2. The van der Waals surface area contributed by atoms with Crippen LogP contribution in [0.4, 0.5) is 0 Å². The van der Waals surface area contributed by atoms with Crippen LogP contribution in [-0.2, 0) is 0 Å². The van der Waals surface area contributed by atoms with Crippen molar-refractivity contribution in [2.24, 2.45) is 5.10 Å². The largest absolute Gasteiger partial charge is 0.496 e. The van der Waals surface area contributed by atoms with E-state index in [1.165, 1.54) is 0 Å². The molecule has 3 aromatic carbocycles. The standard InChI is InChI=1S/C23H18BrClN2O2/c1-28-22-11-8-15(12-18(22)24)23-27-20(17-4-2-3-5-21(17)29-23)13-19(26-27)14-6-9-16(25)10-7-14/h2-12,20,23H,13H2,1H3/t20-,23-/m0/s1. The van der Waals surface area contributed by atoms with E-state index in [9.17, 15) is 0 Å². The van der Waals surface area contributed by atoms with E-state index in [0.29, 0.717) is 0 Å². The zero-order valence-corrected chi connectivity index (χ0v) is 18.0. The van der Waals surface area contributed by atoms with E-state index in [0.717, 1.165) is 49.8 Å². The van der Waals surface area contributed by atoms with Crippen LogP contribution < -0.4 is 9.47 Å². The summed E-state index contributed by atoms with van der Waals surface area (Å²) >= 11 is 9.65. The third-order valence-electron chi connectivity index (χ3n) is 5.34. The first-order valence-corrected chi connectivity index (χ1v) is 10.5. The van der Waals surface area contributed by atoms with Gasteiger partial charge in [0.15, 0.2) is 0 Å². The number of para-hydroxylation sites is 1. The van der Waals surface area contributed by atoms with Gasteiger partial charge in [0.1, 0.15) is 11.5 Å². The van der Waals surface area contributed by atoms with Crippen LogP contribution in [0.3, 0.4) is 0 Å². The topological polar surface area (TPSA) is 34.1 Å². The molecule has 0 amide bonds. The van der Waals surface area contributed by atoms with Gasteiger partial charge in [-0.1, -0.05) is 41.9 Å². The molecular formula is C23H18BrClN2O2. The molecule has 0 aliphatic carbocycles. The molecule has 2 heterocycles. The summed E-state index contributed by atoms with van der Waals surface area (Å²) in [6, 6.07) is 22.2. The van der Waals surface area contributed by atoms with Crippen molar-refractivity contribution in [2.75, 3.05) is 7.11 Å². The summed E-state index contributed by atoms with van der Waals surface area (Å²) in [6.07, 6.45) is 0.498. The molecule has 2 aliphatic rings. The van der Waals surface area contributed by atoms with E-state index < -0.39 is 0 Å². The number of ether oxygens (including phenoxy) is 2. The van der Waals surface area contributed by atoms with Crippen LogP contribution in [0.25, 0.3) is 0 Å². The van der Waals surface area contributed by atoms with E-state index in [1.54, 1.807) is 7.11 Å². The first kappa shape index (κ1) is 18.5. The van der Waals surface area contributed by atoms with E-state index in [-0.39, 0.29) is 12.3 Å². The van der Waals surface area contributed by atoms with Crippen LogP contribution in [0.5, 0.6) is 11.5 Å². The molecule has 0 N–H and O–H groups in total. The number of fused-ring (bicyclic) bond motifs is 3. The second-order valence-electron chi connectivity index (χ2n) is 7.06. The fourth-order valence-electron chi connectivity index (χ4n) is 3.91. The van der Waals surface area contributed by atoms with Gasteiger partial charge < -0.3 is 9.47 Å². The number of hydrogen-bond acceptors (Lipinski definition) is 4. The Morgan fingerprint density at radius 3 is 2.66 bits per heavy atom. The van der Waals surface area contributed by atoms with Crippen molar-refractivity contribution in [2.45, 2.75) is 18.7 Å². The second kappa shape index (κ2) is 7.39. The number of halogens is 2. The average molecular weight is 470 g/mol. The summed E-state index contributed by atoms with van der Waals surface area (Å²) in [5.74, 6) is 1.69. The van der Waals surface area contributed by atoms with Crippen LogP contribution in [0.1, 0.15) is 35.4 Å². The molecule has 0 fully saturated rings. The lowest BCUT2D eigenvalue weighted by molar-refractivity contribution is -0.0190. The van der Waals surface area contributed by atoms with Gasteiger partial charge in [0.2, 0.25) is 6.23 Å². The van der Waals surface area contributed by atoms with Crippen molar-refractivity contribution >= 4 is 33.2 Å². The molecule has 0 radical (unpaired) electrons. The molecule has 6 heteroatoms. The highest BCUT2D eigenvalue weighted by atomic mass is 79.9.